The molecular weight excluding hydrogens is 305 g/mol. The Labute approximate surface area is 140 Å². The molecular formula is C19H20FN3O. The van der Waals surface area contributed by atoms with E-state index in [1.54, 1.807) is 12.1 Å². The number of fused-ring (bicyclic) bond motifs is 1. The highest BCUT2D eigenvalue weighted by molar-refractivity contribution is 5.94. The number of unbranched alkanes of at least 4 members (excludes halogenated alkanes) is 1. The summed E-state index contributed by atoms with van der Waals surface area (Å²) in [4.78, 5) is 16.8. The monoisotopic (exact) mass is 325 g/mol. The summed E-state index contributed by atoms with van der Waals surface area (Å²) >= 11 is 0. The van der Waals surface area contributed by atoms with Crippen molar-refractivity contribution in [1.29, 1.82) is 0 Å². The molecule has 5 heteroatoms. The molecule has 0 aliphatic heterocycles. The third-order valence-electron chi connectivity index (χ3n) is 3.99. The lowest BCUT2D eigenvalue weighted by atomic mass is 10.2. The van der Waals surface area contributed by atoms with Crippen molar-refractivity contribution in [3.05, 3.63) is 65.7 Å². The number of nitrogens with one attached hydrogen (secondary N) is 1. The number of aryl methyl sites for hydroxylation is 1. The number of benzene rings is 2. The van der Waals surface area contributed by atoms with Gasteiger partial charge in [0.15, 0.2) is 0 Å². The molecule has 0 atom stereocenters. The van der Waals surface area contributed by atoms with E-state index >= 15 is 0 Å². The Balaban J connectivity index is 1.82. The van der Waals surface area contributed by atoms with Crippen molar-refractivity contribution in [2.75, 3.05) is 0 Å². The SMILES string of the molecule is CCCCn1c(CNC(=O)c2ccccc2F)nc2ccccc21. The third kappa shape index (κ3) is 3.30. The second-order valence-corrected chi connectivity index (χ2v) is 5.68. The van der Waals surface area contributed by atoms with Gasteiger partial charge in [0, 0.05) is 6.54 Å². The highest BCUT2D eigenvalue weighted by Crippen LogP contribution is 2.17. The van der Waals surface area contributed by atoms with Crippen molar-refractivity contribution in [1.82, 2.24) is 14.9 Å². The molecule has 1 amide bonds. The van der Waals surface area contributed by atoms with Gasteiger partial charge in [-0.05, 0) is 30.7 Å². The van der Waals surface area contributed by atoms with Gasteiger partial charge in [-0.1, -0.05) is 37.6 Å². The molecule has 0 saturated carbocycles. The summed E-state index contributed by atoms with van der Waals surface area (Å²) in [6.07, 6.45) is 2.11. The Kier molecular flexibility index (Phi) is 4.89. The number of hydrogen-bond acceptors (Lipinski definition) is 2. The van der Waals surface area contributed by atoms with Crippen LogP contribution in [-0.4, -0.2) is 15.5 Å². The molecule has 124 valence electrons. The van der Waals surface area contributed by atoms with Gasteiger partial charge in [0.25, 0.3) is 5.91 Å². The van der Waals surface area contributed by atoms with Crippen molar-refractivity contribution in [2.45, 2.75) is 32.9 Å². The van der Waals surface area contributed by atoms with E-state index in [2.05, 4.69) is 21.8 Å². The zero-order valence-electron chi connectivity index (χ0n) is 13.6. The predicted octanol–water partition coefficient (Wildman–Crippen LogP) is 3.91. The van der Waals surface area contributed by atoms with Crippen LogP contribution >= 0.6 is 0 Å². The Hall–Kier alpha value is -2.69. The van der Waals surface area contributed by atoms with Crippen LogP contribution in [0.3, 0.4) is 0 Å². The standard InChI is InChI=1S/C19H20FN3O/c1-2-3-12-23-17-11-7-6-10-16(17)22-18(23)13-21-19(24)14-8-4-5-9-15(14)20/h4-11H,2-3,12-13H2,1H3,(H,21,24). The number of para-hydroxylation sites is 2. The van der Waals surface area contributed by atoms with Crippen LogP contribution in [0.2, 0.25) is 0 Å². The van der Waals surface area contributed by atoms with E-state index < -0.39 is 11.7 Å². The average Bonchev–Trinajstić information content (AvgIpc) is 2.96. The van der Waals surface area contributed by atoms with Gasteiger partial charge < -0.3 is 9.88 Å². The maximum absolute atomic E-state index is 13.7. The minimum Gasteiger partial charge on any atom is -0.345 e. The van der Waals surface area contributed by atoms with Crippen LogP contribution in [0.1, 0.15) is 35.9 Å². The number of halogens is 1. The Morgan fingerprint density at radius 3 is 2.71 bits per heavy atom. The Morgan fingerprint density at radius 2 is 1.92 bits per heavy atom. The maximum Gasteiger partial charge on any atom is 0.254 e. The summed E-state index contributed by atoms with van der Waals surface area (Å²) < 4.78 is 15.8. The van der Waals surface area contributed by atoms with Crippen molar-refractivity contribution < 1.29 is 9.18 Å². The van der Waals surface area contributed by atoms with Gasteiger partial charge in [0.05, 0.1) is 23.1 Å². The normalized spacial score (nSPS) is 10.9. The molecule has 2 aromatic carbocycles. The van der Waals surface area contributed by atoms with Gasteiger partial charge in [-0.15, -0.1) is 0 Å². The number of hydrogen-bond donors (Lipinski definition) is 1. The molecule has 3 aromatic rings. The van der Waals surface area contributed by atoms with Gasteiger partial charge in [-0.25, -0.2) is 9.37 Å². The average molecular weight is 325 g/mol. The topological polar surface area (TPSA) is 46.9 Å². The zero-order chi connectivity index (χ0) is 16.9. The zero-order valence-corrected chi connectivity index (χ0v) is 13.6. The van der Waals surface area contributed by atoms with Gasteiger partial charge in [-0.2, -0.15) is 0 Å². The second kappa shape index (κ2) is 7.25. The van der Waals surface area contributed by atoms with Crippen molar-refractivity contribution in [2.24, 2.45) is 0 Å². The minimum atomic E-state index is -0.519. The van der Waals surface area contributed by atoms with Crippen LogP contribution < -0.4 is 5.32 Å². The van der Waals surface area contributed by atoms with E-state index in [0.29, 0.717) is 0 Å². The first-order valence-corrected chi connectivity index (χ1v) is 8.17. The Bertz CT molecular complexity index is 857. The van der Waals surface area contributed by atoms with Crippen molar-refractivity contribution in [3.63, 3.8) is 0 Å². The molecule has 0 aliphatic rings. The predicted molar refractivity (Wildman–Crippen MR) is 92.2 cm³/mol. The lowest BCUT2D eigenvalue weighted by molar-refractivity contribution is 0.0945. The number of aromatic nitrogens is 2. The fourth-order valence-corrected chi connectivity index (χ4v) is 2.73. The van der Waals surface area contributed by atoms with Gasteiger partial charge in [-0.3, -0.25) is 4.79 Å². The fourth-order valence-electron chi connectivity index (χ4n) is 2.73. The van der Waals surface area contributed by atoms with E-state index in [9.17, 15) is 9.18 Å². The van der Waals surface area contributed by atoms with Crippen LogP contribution in [0, 0.1) is 5.82 Å². The molecule has 3 rings (SSSR count). The number of imidazole rings is 1. The van der Waals surface area contributed by atoms with E-state index in [-0.39, 0.29) is 12.1 Å². The number of rotatable bonds is 6. The molecule has 0 fully saturated rings. The van der Waals surface area contributed by atoms with E-state index in [1.165, 1.54) is 12.1 Å². The highest BCUT2D eigenvalue weighted by atomic mass is 19.1. The molecule has 0 aliphatic carbocycles. The summed E-state index contributed by atoms with van der Waals surface area (Å²) in [6, 6.07) is 13.9. The third-order valence-corrected chi connectivity index (χ3v) is 3.99. The van der Waals surface area contributed by atoms with Crippen LogP contribution in [0.25, 0.3) is 11.0 Å². The quantitative estimate of drug-likeness (QED) is 0.747. The van der Waals surface area contributed by atoms with Gasteiger partial charge >= 0.3 is 0 Å². The summed E-state index contributed by atoms with van der Waals surface area (Å²) in [5.74, 6) is -0.161. The van der Waals surface area contributed by atoms with Crippen molar-refractivity contribution in [3.8, 4) is 0 Å². The second-order valence-electron chi connectivity index (χ2n) is 5.68. The first-order chi connectivity index (χ1) is 11.7. The molecule has 0 saturated heterocycles. The molecule has 0 unspecified atom stereocenters. The summed E-state index contributed by atoms with van der Waals surface area (Å²) in [5, 5.41) is 2.77. The van der Waals surface area contributed by atoms with Gasteiger partial charge in [0.2, 0.25) is 0 Å². The van der Waals surface area contributed by atoms with E-state index in [1.807, 2.05) is 24.3 Å². The number of amides is 1. The molecule has 1 heterocycles. The number of carbonyl (C=O) groups is 1. The number of carbonyl (C=O) groups excluding carboxylic acids is 1. The minimum absolute atomic E-state index is 0.0497. The summed E-state index contributed by atoms with van der Waals surface area (Å²) in [5.41, 5.74) is 2.01. The molecule has 0 radical (unpaired) electrons. The first kappa shape index (κ1) is 16.2. The Morgan fingerprint density at radius 1 is 1.17 bits per heavy atom. The first-order valence-electron chi connectivity index (χ1n) is 8.17. The molecule has 0 bridgehead atoms. The summed E-state index contributed by atoms with van der Waals surface area (Å²) in [6.45, 7) is 3.26. The van der Waals surface area contributed by atoms with Crippen LogP contribution in [-0.2, 0) is 13.1 Å². The number of nitrogens with zero attached hydrogens (tertiary/aromatic N) is 2. The fraction of sp³-hybridized carbons (Fsp3) is 0.263. The molecule has 1 aromatic heterocycles. The largest absolute Gasteiger partial charge is 0.345 e. The maximum atomic E-state index is 13.7. The van der Waals surface area contributed by atoms with Gasteiger partial charge in [0.1, 0.15) is 11.6 Å². The van der Waals surface area contributed by atoms with Crippen LogP contribution in [0.5, 0.6) is 0 Å². The molecule has 1 N–H and O–H groups in total. The molecule has 4 nitrogen and oxygen atoms in total. The molecule has 0 spiro atoms. The van der Waals surface area contributed by atoms with E-state index in [4.69, 9.17) is 0 Å². The van der Waals surface area contributed by atoms with Crippen molar-refractivity contribution >= 4 is 16.9 Å². The lowest BCUT2D eigenvalue weighted by Crippen LogP contribution is -2.25. The highest BCUT2D eigenvalue weighted by Gasteiger charge is 2.14. The lowest BCUT2D eigenvalue weighted by Gasteiger charge is -2.10. The smallest absolute Gasteiger partial charge is 0.254 e. The molecule has 24 heavy (non-hydrogen) atoms. The van der Waals surface area contributed by atoms with Crippen LogP contribution in [0.4, 0.5) is 4.39 Å². The van der Waals surface area contributed by atoms with Crippen LogP contribution in [0.15, 0.2) is 48.5 Å². The summed E-state index contributed by atoms with van der Waals surface area (Å²) in [7, 11) is 0. The van der Waals surface area contributed by atoms with E-state index in [0.717, 1.165) is 36.2 Å².